The van der Waals surface area contributed by atoms with Crippen molar-refractivity contribution < 1.29 is 23.5 Å². The van der Waals surface area contributed by atoms with Crippen LogP contribution in [-0.2, 0) is 4.74 Å². The molecule has 2 aromatic rings. The van der Waals surface area contributed by atoms with Crippen LogP contribution in [-0.4, -0.2) is 30.9 Å². The summed E-state index contributed by atoms with van der Waals surface area (Å²) in [6.45, 7) is 5.21. The molecule has 0 aliphatic carbocycles. The highest BCUT2D eigenvalue weighted by atomic mass is 32.1. The first-order valence-corrected chi connectivity index (χ1v) is 8.66. The molecule has 0 atom stereocenters. The summed E-state index contributed by atoms with van der Waals surface area (Å²) in [6.07, 6.45) is 0. The third kappa shape index (κ3) is 4.08. The van der Waals surface area contributed by atoms with Crippen molar-refractivity contribution >= 4 is 34.1 Å². The molecule has 0 saturated heterocycles. The van der Waals surface area contributed by atoms with Crippen molar-refractivity contribution in [1.82, 2.24) is 5.32 Å². The van der Waals surface area contributed by atoms with Crippen LogP contribution in [0.3, 0.4) is 0 Å². The van der Waals surface area contributed by atoms with Crippen molar-refractivity contribution in [3.8, 4) is 0 Å². The zero-order chi connectivity index (χ0) is 19.4. The number of halogens is 1. The fourth-order valence-corrected chi connectivity index (χ4v) is 3.40. The first-order valence-electron chi connectivity index (χ1n) is 7.84. The number of carbonyl (C=O) groups is 3. The standard InChI is InChI=1S/C18H19FN2O4S/c1-9(2)20-16(23)14-10(3)13(18(24)25-4)17(26-14)21-15(22)11-7-5-6-8-12(11)19/h5-9H,1-4H3,(H,20,23)(H,21,22). The molecule has 2 rings (SSSR count). The minimum atomic E-state index is -0.717. The minimum absolute atomic E-state index is 0.0797. The van der Waals surface area contributed by atoms with Gasteiger partial charge in [0, 0.05) is 6.04 Å². The third-order valence-electron chi connectivity index (χ3n) is 3.51. The van der Waals surface area contributed by atoms with Gasteiger partial charge in [-0.05, 0) is 38.5 Å². The number of ether oxygens (including phenoxy) is 1. The Morgan fingerprint density at radius 2 is 1.81 bits per heavy atom. The maximum absolute atomic E-state index is 13.8. The molecular formula is C18H19FN2O4S. The molecule has 1 heterocycles. The Balaban J connectivity index is 2.43. The second-order valence-corrected chi connectivity index (χ2v) is 6.83. The van der Waals surface area contributed by atoms with E-state index in [-0.39, 0.29) is 33.0 Å². The van der Waals surface area contributed by atoms with E-state index in [2.05, 4.69) is 10.6 Å². The summed E-state index contributed by atoms with van der Waals surface area (Å²) in [5.74, 6) is -2.45. The number of benzene rings is 1. The van der Waals surface area contributed by atoms with Crippen molar-refractivity contribution in [2.45, 2.75) is 26.8 Å². The minimum Gasteiger partial charge on any atom is -0.465 e. The summed E-state index contributed by atoms with van der Waals surface area (Å²) in [5.41, 5.74) is 0.308. The van der Waals surface area contributed by atoms with E-state index < -0.39 is 17.7 Å². The van der Waals surface area contributed by atoms with Gasteiger partial charge in [0.25, 0.3) is 11.8 Å². The van der Waals surface area contributed by atoms with Crippen LogP contribution in [0.1, 0.15) is 49.8 Å². The summed E-state index contributed by atoms with van der Waals surface area (Å²) in [7, 11) is 1.20. The average Bonchev–Trinajstić information content (AvgIpc) is 2.90. The molecule has 0 aliphatic rings. The predicted octanol–water partition coefficient (Wildman–Crippen LogP) is 3.37. The van der Waals surface area contributed by atoms with E-state index in [1.165, 1.54) is 25.3 Å². The average molecular weight is 378 g/mol. The normalized spacial score (nSPS) is 10.5. The van der Waals surface area contributed by atoms with Crippen LogP contribution in [0.15, 0.2) is 24.3 Å². The molecule has 0 fully saturated rings. The molecule has 0 spiro atoms. The van der Waals surface area contributed by atoms with Crippen molar-refractivity contribution in [3.05, 3.63) is 51.7 Å². The van der Waals surface area contributed by atoms with E-state index in [1.807, 2.05) is 13.8 Å². The van der Waals surface area contributed by atoms with Crippen molar-refractivity contribution in [3.63, 3.8) is 0 Å². The molecule has 26 heavy (non-hydrogen) atoms. The summed E-state index contributed by atoms with van der Waals surface area (Å²) in [4.78, 5) is 37.1. The number of nitrogens with one attached hydrogen (secondary N) is 2. The molecular weight excluding hydrogens is 359 g/mol. The topological polar surface area (TPSA) is 84.5 Å². The molecule has 0 aliphatic heterocycles. The van der Waals surface area contributed by atoms with Crippen LogP contribution < -0.4 is 10.6 Å². The molecule has 0 bridgehead atoms. The first kappa shape index (κ1) is 19.6. The Kier molecular flexibility index (Phi) is 6.10. The van der Waals surface area contributed by atoms with Gasteiger partial charge in [0.15, 0.2) is 0 Å². The van der Waals surface area contributed by atoms with E-state index in [0.717, 1.165) is 17.4 Å². The highest BCUT2D eigenvalue weighted by Gasteiger charge is 2.27. The van der Waals surface area contributed by atoms with Crippen molar-refractivity contribution in [2.24, 2.45) is 0 Å². The number of amides is 2. The summed E-state index contributed by atoms with van der Waals surface area (Å²) in [6, 6.07) is 5.39. The highest BCUT2D eigenvalue weighted by molar-refractivity contribution is 7.18. The first-order chi connectivity index (χ1) is 12.3. The highest BCUT2D eigenvalue weighted by Crippen LogP contribution is 2.34. The maximum atomic E-state index is 13.8. The summed E-state index contributed by atoms with van der Waals surface area (Å²) >= 11 is 0.942. The van der Waals surface area contributed by atoms with Gasteiger partial charge in [-0.3, -0.25) is 9.59 Å². The van der Waals surface area contributed by atoms with Crippen LogP contribution in [0.25, 0.3) is 0 Å². The monoisotopic (exact) mass is 378 g/mol. The van der Waals surface area contributed by atoms with E-state index >= 15 is 0 Å². The molecule has 0 radical (unpaired) electrons. The van der Waals surface area contributed by atoms with Crippen molar-refractivity contribution in [1.29, 1.82) is 0 Å². The van der Waals surface area contributed by atoms with Crippen LogP contribution in [0.2, 0.25) is 0 Å². The lowest BCUT2D eigenvalue weighted by atomic mass is 10.1. The number of thiophene rings is 1. The van der Waals surface area contributed by atoms with Gasteiger partial charge in [-0.15, -0.1) is 11.3 Å². The molecule has 8 heteroatoms. The van der Waals surface area contributed by atoms with Crippen LogP contribution in [0, 0.1) is 12.7 Å². The summed E-state index contributed by atoms with van der Waals surface area (Å²) < 4.78 is 18.6. The van der Waals surface area contributed by atoms with Gasteiger partial charge in [-0.1, -0.05) is 12.1 Å². The number of esters is 1. The van der Waals surface area contributed by atoms with Gasteiger partial charge in [-0.2, -0.15) is 0 Å². The zero-order valence-corrected chi connectivity index (χ0v) is 15.6. The second kappa shape index (κ2) is 8.09. The Morgan fingerprint density at radius 1 is 1.15 bits per heavy atom. The molecule has 0 saturated carbocycles. The van der Waals surface area contributed by atoms with E-state index in [1.54, 1.807) is 6.92 Å². The van der Waals surface area contributed by atoms with Crippen LogP contribution in [0.4, 0.5) is 9.39 Å². The number of hydrogen-bond donors (Lipinski definition) is 2. The Labute approximate surface area is 154 Å². The van der Waals surface area contributed by atoms with Gasteiger partial charge >= 0.3 is 5.97 Å². The van der Waals surface area contributed by atoms with Gasteiger partial charge < -0.3 is 15.4 Å². The SMILES string of the molecule is COC(=O)c1c(NC(=O)c2ccccc2F)sc(C(=O)NC(C)C)c1C. The Morgan fingerprint density at radius 3 is 2.38 bits per heavy atom. The molecule has 0 unspecified atom stereocenters. The molecule has 6 nitrogen and oxygen atoms in total. The Bertz CT molecular complexity index is 861. The number of hydrogen-bond acceptors (Lipinski definition) is 5. The molecule has 2 N–H and O–H groups in total. The predicted molar refractivity (Wildman–Crippen MR) is 97.4 cm³/mol. The fourth-order valence-electron chi connectivity index (χ4n) is 2.31. The quantitative estimate of drug-likeness (QED) is 0.782. The van der Waals surface area contributed by atoms with Crippen molar-refractivity contribution in [2.75, 3.05) is 12.4 Å². The fraction of sp³-hybridized carbons (Fsp3) is 0.278. The van der Waals surface area contributed by atoms with Gasteiger partial charge in [0.05, 0.1) is 23.1 Å². The van der Waals surface area contributed by atoms with E-state index in [4.69, 9.17) is 4.74 Å². The third-order valence-corrected chi connectivity index (χ3v) is 4.71. The van der Waals surface area contributed by atoms with Gasteiger partial charge in [0.2, 0.25) is 0 Å². The molecule has 1 aromatic heterocycles. The largest absolute Gasteiger partial charge is 0.465 e. The van der Waals surface area contributed by atoms with Crippen LogP contribution >= 0.6 is 11.3 Å². The number of rotatable bonds is 5. The number of carbonyl (C=O) groups excluding carboxylic acids is 3. The molecule has 2 amide bonds. The second-order valence-electron chi connectivity index (χ2n) is 5.81. The summed E-state index contributed by atoms with van der Waals surface area (Å²) in [5, 5.41) is 5.38. The lowest BCUT2D eigenvalue weighted by molar-refractivity contribution is 0.0601. The maximum Gasteiger partial charge on any atom is 0.341 e. The number of methoxy groups -OCH3 is 1. The Hall–Kier alpha value is -2.74. The molecule has 138 valence electrons. The number of anilines is 1. The lowest BCUT2D eigenvalue weighted by Crippen LogP contribution is -2.29. The smallest absolute Gasteiger partial charge is 0.341 e. The zero-order valence-electron chi connectivity index (χ0n) is 14.8. The van der Waals surface area contributed by atoms with Crippen LogP contribution in [0.5, 0.6) is 0 Å². The lowest BCUT2D eigenvalue weighted by Gasteiger charge is -2.07. The van der Waals surface area contributed by atoms with E-state index in [9.17, 15) is 18.8 Å². The molecule has 1 aromatic carbocycles. The van der Waals surface area contributed by atoms with Gasteiger partial charge in [-0.25, -0.2) is 9.18 Å². The van der Waals surface area contributed by atoms with E-state index in [0.29, 0.717) is 5.56 Å². The van der Waals surface area contributed by atoms with Gasteiger partial charge in [0.1, 0.15) is 10.8 Å².